The molecule has 3 aromatic carbocycles. The van der Waals surface area contributed by atoms with Crippen molar-refractivity contribution in [2.45, 2.75) is 25.8 Å². The van der Waals surface area contributed by atoms with Crippen LogP contribution in [0, 0.1) is 0 Å². The predicted octanol–water partition coefficient (Wildman–Crippen LogP) is 5.30. The highest BCUT2D eigenvalue weighted by Gasteiger charge is 2.20. The monoisotopic (exact) mass is 450 g/mol. The molecule has 1 saturated heterocycles. The lowest BCUT2D eigenvalue weighted by Gasteiger charge is -2.26. The number of benzene rings is 3. The van der Waals surface area contributed by atoms with E-state index in [2.05, 4.69) is 5.32 Å². The Morgan fingerprint density at radius 2 is 1.68 bits per heavy atom. The van der Waals surface area contributed by atoms with Crippen LogP contribution in [0.25, 0.3) is 16.9 Å². The molecule has 0 aliphatic carbocycles. The van der Waals surface area contributed by atoms with Gasteiger partial charge in [0.25, 0.3) is 5.91 Å². The molecule has 1 aliphatic rings. The van der Waals surface area contributed by atoms with Crippen LogP contribution in [0.3, 0.4) is 0 Å². The second-order valence-electron chi connectivity index (χ2n) is 8.46. The van der Waals surface area contributed by atoms with Crippen LogP contribution in [0.15, 0.2) is 91.1 Å². The zero-order chi connectivity index (χ0) is 23.3. The molecular formula is C28H26N4O2. The van der Waals surface area contributed by atoms with E-state index in [1.54, 1.807) is 10.9 Å². The molecule has 0 spiro atoms. The third-order valence-corrected chi connectivity index (χ3v) is 6.01. The Labute approximate surface area is 198 Å². The molecule has 5 rings (SSSR count). The molecule has 6 nitrogen and oxygen atoms in total. The number of carbonyl (C=O) groups excluding carboxylic acids is 2. The van der Waals surface area contributed by atoms with E-state index in [1.807, 2.05) is 89.8 Å². The fourth-order valence-corrected chi connectivity index (χ4v) is 4.26. The first-order valence-corrected chi connectivity index (χ1v) is 11.6. The number of piperidine rings is 1. The van der Waals surface area contributed by atoms with Gasteiger partial charge in [-0.25, -0.2) is 4.68 Å². The summed E-state index contributed by atoms with van der Waals surface area (Å²) in [5.41, 5.74) is 4.56. The number of hydrogen-bond donors (Lipinski definition) is 1. The molecule has 1 fully saturated rings. The number of para-hydroxylation sites is 1. The highest BCUT2D eigenvalue weighted by atomic mass is 16.2. The average molecular weight is 451 g/mol. The number of nitrogens with one attached hydrogen (secondary N) is 1. The Morgan fingerprint density at radius 3 is 2.44 bits per heavy atom. The molecule has 170 valence electrons. The summed E-state index contributed by atoms with van der Waals surface area (Å²) < 4.78 is 1.73. The van der Waals surface area contributed by atoms with E-state index in [1.165, 1.54) is 0 Å². The van der Waals surface area contributed by atoms with E-state index in [0.717, 1.165) is 36.2 Å². The van der Waals surface area contributed by atoms with Crippen molar-refractivity contribution in [1.82, 2.24) is 14.7 Å². The van der Waals surface area contributed by atoms with Crippen LogP contribution in [0.4, 0.5) is 5.69 Å². The molecular weight excluding hydrogens is 424 g/mol. The zero-order valence-electron chi connectivity index (χ0n) is 18.9. The second kappa shape index (κ2) is 9.75. The summed E-state index contributed by atoms with van der Waals surface area (Å²) in [6, 6.07) is 27.1. The summed E-state index contributed by atoms with van der Waals surface area (Å²) in [5, 5.41) is 7.75. The highest BCUT2D eigenvalue weighted by molar-refractivity contribution is 6.08. The molecule has 0 radical (unpaired) electrons. The summed E-state index contributed by atoms with van der Waals surface area (Å²) >= 11 is 0. The van der Waals surface area contributed by atoms with E-state index in [0.29, 0.717) is 29.9 Å². The molecule has 2 heterocycles. The van der Waals surface area contributed by atoms with Crippen molar-refractivity contribution in [2.24, 2.45) is 0 Å². The van der Waals surface area contributed by atoms with Crippen LogP contribution in [0.5, 0.6) is 0 Å². The maximum Gasteiger partial charge on any atom is 0.259 e. The van der Waals surface area contributed by atoms with Gasteiger partial charge in [0, 0.05) is 37.0 Å². The third-order valence-electron chi connectivity index (χ3n) is 6.01. The molecule has 6 heteroatoms. The SMILES string of the molecule is O=C(Nc1cccc(CN2CCCCC2=O)c1)c1cn(-c2ccccc2)nc1-c1ccccc1. The number of aromatic nitrogens is 2. The quantitative estimate of drug-likeness (QED) is 0.433. The Morgan fingerprint density at radius 1 is 0.912 bits per heavy atom. The van der Waals surface area contributed by atoms with Crippen molar-refractivity contribution in [3.05, 3.63) is 102 Å². The lowest BCUT2D eigenvalue weighted by atomic mass is 10.1. The lowest BCUT2D eigenvalue weighted by Crippen LogP contribution is -2.34. The molecule has 0 bridgehead atoms. The molecule has 1 N–H and O–H groups in total. The lowest BCUT2D eigenvalue weighted by molar-refractivity contribution is -0.133. The molecule has 0 atom stereocenters. The fraction of sp³-hybridized carbons (Fsp3) is 0.179. The van der Waals surface area contributed by atoms with E-state index >= 15 is 0 Å². The Kier molecular flexibility index (Phi) is 6.21. The number of anilines is 1. The van der Waals surface area contributed by atoms with Crippen LogP contribution in [0.2, 0.25) is 0 Å². The Bertz CT molecular complexity index is 1300. The normalized spacial score (nSPS) is 13.6. The van der Waals surface area contributed by atoms with Gasteiger partial charge in [-0.05, 0) is 42.7 Å². The number of amides is 2. The van der Waals surface area contributed by atoms with Gasteiger partial charge in [-0.3, -0.25) is 9.59 Å². The smallest absolute Gasteiger partial charge is 0.259 e. The van der Waals surface area contributed by atoms with Gasteiger partial charge in [0.2, 0.25) is 5.91 Å². The van der Waals surface area contributed by atoms with Gasteiger partial charge in [0.15, 0.2) is 0 Å². The minimum atomic E-state index is -0.229. The van der Waals surface area contributed by atoms with Crippen LogP contribution < -0.4 is 5.32 Å². The van der Waals surface area contributed by atoms with E-state index in [-0.39, 0.29) is 11.8 Å². The second-order valence-corrected chi connectivity index (χ2v) is 8.46. The summed E-state index contributed by atoms with van der Waals surface area (Å²) in [6.45, 7) is 1.35. The van der Waals surface area contributed by atoms with Crippen LogP contribution >= 0.6 is 0 Å². The van der Waals surface area contributed by atoms with E-state index in [9.17, 15) is 9.59 Å². The van der Waals surface area contributed by atoms with Crippen molar-refractivity contribution in [3.8, 4) is 16.9 Å². The van der Waals surface area contributed by atoms with Crippen molar-refractivity contribution in [2.75, 3.05) is 11.9 Å². The number of rotatable bonds is 6. The predicted molar refractivity (Wildman–Crippen MR) is 133 cm³/mol. The molecule has 1 aromatic heterocycles. The van der Waals surface area contributed by atoms with Crippen molar-refractivity contribution in [3.63, 3.8) is 0 Å². The Balaban J connectivity index is 1.41. The summed E-state index contributed by atoms with van der Waals surface area (Å²) in [6.07, 6.45) is 4.38. The van der Waals surface area contributed by atoms with Gasteiger partial charge >= 0.3 is 0 Å². The third kappa shape index (κ3) is 4.76. The van der Waals surface area contributed by atoms with Gasteiger partial charge in [-0.2, -0.15) is 5.10 Å². The van der Waals surface area contributed by atoms with Crippen molar-refractivity contribution < 1.29 is 9.59 Å². The first-order valence-electron chi connectivity index (χ1n) is 11.6. The highest BCUT2D eigenvalue weighted by Crippen LogP contribution is 2.25. The first kappa shape index (κ1) is 21.6. The molecule has 1 aliphatic heterocycles. The summed E-state index contributed by atoms with van der Waals surface area (Å²) in [4.78, 5) is 27.5. The minimum Gasteiger partial charge on any atom is -0.338 e. The van der Waals surface area contributed by atoms with Crippen LogP contribution in [0.1, 0.15) is 35.2 Å². The first-order chi connectivity index (χ1) is 16.7. The van der Waals surface area contributed by atoms with E-state index in [4.69, 9.17) is 5.10 Å². The number of carbonyl (C=O) groups is 2. The largest absolute Gasteiger partial charge is 0.338 e. The topological polar surface area (TPSA) is 67.2 Å². The number of hydrogen-bond acceptors (Lipinski definition) is 3. The van der Waals surface area contributed by atoms with Crippen LogP contribution in [-0.4, -0.2) is 33.0 Å². The molecule has 0 saturated carbocycles. The molecule has 34 heavy (non-hydrogen) atoms. The van der Waals surface area contributed by atoms with Gasteiger partial charge < -0.3 is 10.2 Å². The van der Waals surface area contributed by atoms with Gasteiger partial charge in [-0.1, -0.05) is 60.7 Å². The fourth-order valence-electron chi connectivity index (χ4n) is 4.26. The van der Waals surface area contributed by atoms with E-state index < -0.39 is 0 Å². The van der Waals surface area contributed by atoms with Gasteiger partial charge in [-0.15, -0.1) is 0 Å². The van der Waals surface area contributed by atoms with Gasteiger partial charge in [0.1, 0.15) is 5.69 Å². The van der Waals surface area contributed by atoms with Crippen molar-refractivity contribution >= 4 is 17.5 Å². The average Bonchev–Trinajstić information content (AvgIpc) is 3.33. The van der Waals surface area contributed by atoms with Gasteiger partial charge in [0.05, 0.1) is 11.3 Å². The summed E-state index contributed by atoms with van der Waals surface area (Å²) in [7, 11) is 0. The maximum atomic E-state index is 13.4. The minimum absolute atomic E-state index is 0.196. The maximum absolute atomic E-state index is 13.4. The summed E-state index contributed by atoms with van der Waals surface area (Å²) in [5.74, 6) is -0.0336. The zero-order valence-corrected chi connectivity index (χ0v) is 18.9. The standard InChI is InChI=1S/C28H26N4O2/c33-26-16-7-8-17-31(26)19-21-10-9-13-23(18-21)29-28(34)25-20-32(24-14-5-2-6-15-24)30-27(25)22-11-3-1-4-12-22/h1-6,9-15,18,20H,7-8,16-17,19H2,(H,29,34). The van der Waals surface area contributed by atoms with Crippen molar-refractivity contribution in [1.29, 1.82) is 0 Å². The molecule has 0 unspecified atom stereocenters. The molecule has 4 aromatic rings. The number of likely N-dealkylation sites (tertiary alicyclic amines) is 1. The van der Waals surface area contributed by atoms with Crippen LogP contribution in [-0.2, 0) is 11.3 Å². The molecule has 2 amide bonds. The number of nitrogens with zero attached hydrogens (tertiary/aromatic N) is 3. The Hall–Kier alpha value is -4.19.